The fraction of sp³-hybridized carbons (Fsp3) is 0.692. The third-order valence-corrected chi connectivity index (χ3v) is 7.13. The lowest BCUT2D eigenvalue weighted by Gasteiger charge is -2.26. The molecule has 1 unspecified atom stereocenters. The number of carbonyl (C=O) groups excluding carboxylic acids is 1. The molecule has 3 heterocycles. The Morgan fingerprint density at radius 2 is 1.45 bits per heavy atom. The van der Waals surface area contributed by atoms with Gasteiger partial charge in [0.2, 0.25) is 0 Å². The van der Waals surface area contributed by atoms with E-state index in [2.05, 4.69) is 34.5 Å². The van der Waals surface area contributed by atoms with Gasteiger partial charge in [-0.3, -0.25) is 15.2 Å². The number of fused-ring (bicyclic) bond motifs is 8. The Bertz CT molecular complexity index is 723. The van der Waals surface area contributed by atoms with Crippen LogP contribution >= 0.6 is 0 Å². The van der Waals surface area contributed by atoms with E-state index in [4.69, 9.17) is 4.99 Å². The molecule has 1 atom stereocenters. The van der Waals surface area contributed by atoms with Crippen LogP contribution in [-0.4, -0.2) is 53.9 Å². The van der Waals surface area contributed by atoms with Gasteiger partial charge >= 0.3 is 6.03 Å². The van der Waals surface area contributed by atoms with E-state index in [0.29, 0.717) is 6.04 Å². The summed E-state index contributed by atoms with van der Waals surface area (Å²) in [7, 11) is 0. The first-order valence-electron chi connectivity index (χ1n) is 12.7. The van der Waals surface area contributed by atoms with E-state index in [0.717, 1.165) is 51.4 Å². The van der Waals surface area contributed by atoms with Gasteiger partial charge in [0.1, 0.15) is 5.84 Å². The molecule has 0 spiro atoms. The number of urea groups is 1. The van der Waals surface area contributed by atoms with Gasteiger partial charge in [-0.15, -0.1) is 0 Å². The highest BCUT2D eigenvalue weighted by Gasteiger charge is 2.22. The van der Waals surface area contributed by atoms with Crippen molar-refractivity contribution in [1.82, 2.24) is 15.1 Å². The molecular weight excluding hydrogens is 384 g/mol. The van der Waals surface area contributed by atoms with Crippen molar-refractivity contribution in [3.8, 4) is 0 Å². The van der Waals surface area contributed by atoms with E-state index in [9.17, 15) is 4.79 Å². The zero-order chi connectivity index (χ0) is 21.3. The fourth-order valence-corrected chi connectivity index (χ4v) is 5.13. The van der Waals surface area contributed by atoms with Gasteiger partial charge < -0.3 is 4.90 Å². The monoisotopic (exact) mass is 424 g/mol. The Hall–Kier alpha value is -1.88. The molecule has 1 saturated heterocycles. The zero-order valence-electron chi connectivity index (χ0n) is 19.2. The van der Waals surface area contributed by atoms with Crippen LogP contribution in [0, 0.1) is 0 Å². The van der Waals surface area contributed by atoms with Gasteiger partial charge in [0.15, 0.2) is 0 Å². The van der Waals surface area contributed by atoms with E-state index in [1.807, 2.05) is 4.90 Å². The van der Waals surface area contributed by atoms with Crippen LogP contribution < -0.4 is 5.32 Å². The summed E-state index contributed by atoms with van der Waals surface area (Å²) < 4.78 is 0. The third-order valence-electron chi connectivity index (χ3n) is 7.13. The number of hydrogen-bond donors (Lipinski definition) is 1. The largest absolute Gasteiger partial charge is 0.323 e. The van der Waals surface area contributed by atoms with Gasteiger partial charge in [-0.2, -0.15) is 0 Å². The van der Waals surface area contributed by atoms with Crippen molar-refractivity contribution in [2.45, 2.75) is 89.6 Å². The fourth-order valence-electron chi connectivity index (χ4n) is 5.13. The number of aliphatic imine (C=N–C) groups is 1. The minimum atomic E-state index is 0.0573. The van der Waals surface area contributed by atoms with Crippen LogP contribution in [0.5, 0.6) is 0 Å². The summed E-state index contributed by atoms with van der Waals surface area (Å²) in [5, 5.41) is 3.21. The van der Waals surface area contributed by atoms with Crippen molar-refractivity contribution in [1.29, 1.82) is 0 Å². The van der Waals surface area contributed by atoms with Gasteiger partial charge in [-0.1, -0.05) is 62.8 Å². The maximum Gasteiger partial charge on any atom is 0.322 e. The summed E-state index contributed by atoms with van der Waals surface area (Å²) in [6.45, 7) is 4.46. The lowest BCUT2D eigenvalue weighted by molar-refractivity contribution is 0.187. The number of amidine groups is 1. The van der Waals surface area contributed by atoms with Crippen LogP contribution in [0.4, 0.5) is 4.79 Å². The molecular formula is C26H40N4O. The van der Waals surface area contributed by atoms with E-state index < -0.39 is 0 Å². The molecule has 5 rings (SSSR count). The molecule has 5 nitrogen and oxygen atoms in total. The number of hydrogen-bond acceptors (Lipinski definition) is 3. The van der Waals surface area contributed by atoms with Crippen LogP contribution in [0.25, 0.3) is 0 Å². The molecule has 3 aliphatic heterocycles. The molecule has 2 fully saturated rings. The SMILES string of the molecule is O=C1NC(=NC2CCCCC2)CCN2CCN1CCCCCCCc1ccc(cc1)C2. The Balaban J connectivity index is 1.51. The molecule has 1 N–H and O–H groups in total. The van der Waals surface area contributed by atoms with Crippen LogP contribution in [0.3, 0.4) is 0 Å². The molecule has 170 valence electrons. The van der Waals surface area contributed by atoms with Gasteiger partial charge in [-0.05, 0) is 43.2 Å². The van der Waals surface area contributed by atoms with Crippen molar-refractivity contribution in [3.63, 3.8) is 0 Å². The molecule has 1 saturated carbocycles. The highest BCUT2D eigenvalue weighted by molar-refractivity contribution is 5.97. The summed E-state index contributed by atoms with van der Waals surface area (Å²) in [6.07, 6.45) is 14.3. The van der Waals surface area contributed by atoms with Crippen LogP contribution in [0.15, 0.2) is 29.3 Å². The second-order valence-electron chi connectivity index (χ2n) is 9.65. The molecule has 2 amide bonds. The number of rotatable bonds is 1. The highest BCUT2D eigenvalue weighted by Crippen LogP contribution is 2.21. The smallest absolute Gasteiger partial charge is 0.322 e. The highest BCUT2D eigenvalue weighted by atomic mass is 16.2. The summed E-state index contributed by atoms with van der Waals surface area (Å²) in [5.41, 5.74) is 2.83. The van der Waals surface area contributed by atoms with Crippen LogP contribution in [0.2, 0.25) is 0 Å². The van der Waals surface area contributed by atoms with Gasteiger partial charge in [-0.25, -0.2) is 4.79 Å². The summed E-state index contributed by atoms with van der Waals surface area (Å²) >= 11 is 0. The maximum absolute atomic E-state index is 13.1. The zero-order valence-corrected chi connectivity index (χ0v) is 19.2. The minimum absolute atomic E-state index is 0.0573. The Kier molecular flexibility index (Phi) is 8.39. The number of amides is 2. The molecule has 31 heavy (non-hydrogen) atoms. The van der Waals surface area contributed by atoms with Crippen LogP contribution in [0.1, 0.15) is 81.8 Å². The maximum atomic E-state index is 13.1. The Morgan fingerprint density at radius 3 is 2.29 bits per heavy atom. The predicted octanol–water partition coefficient (Wildman–Crippen LogP) is 5.14. The first kappa shape index (κ1) is 22.3. The van der Waals surface area contributed by atoms with E-state index >= 15 is 0 Å². The van der Waals surface area contributed by atoms with E-state index in [-0.39, 0.29) is 6.03 Å². The quantitative estimate of drug-likeness (QED) is 0.678. The lowest BCUT2D eigenvalue weighted by Crippen LogP contribution is -2.44. The summed E-state index contributed by atoms with van der Waals surface area (Å²) in [5.74, 6) is 0.905. The number of nitrogens with one attached hydrogen (secondary N) is 1. The van der Waals surface area contributed by atoms with Gasteiger partial charge in [0.25, 0.3) is 0 Å². The van der Waals surface area contributed by atoms with Gasteiger partial charge in [0.05, 0.1) is 6.04 Å². The molecule has 0 aromatic heterocycles. The standard InChI is InChI=1S/C26H40N4O/c31-26-28-25(27-24-10-6-4-7-11-24)16-18-29-19-20-30(26)17-8-3-1-2-5-9-22-12-14-23(21-29)15-13-22/h12-15,24H,1-11,16-21H2,(H,27,28,31). The number of benzene rings is 1. The van der Waals surface area contributed by atoms with Crippen LogP contribution in [-0.2, 0) is 13.0 Å². The molecule has 1 aromatic rings. The minimum Gasteiger partial charge on any atom is -0.323 e. The van der Waals surface area contributed by atoms with Crippen molar-refractivity contribution in [2.75, 3.05) is 26.2 Å². The number of aryl methyl sites for hydroxylation is 1. The molecule has 1 aromatic carbocycles. The predicted molar refractivity (Wildman–Crippen MR) is 128 cm³/mol. The first-order chi connectivity index (χ1) is 15.3. The summed E-state index contributed by atoms with van der Waals surface area (Å²) in [6, 6.07) is 9.66. The molecule has 4 aliphatic rings. The summed E-state index contributed by atoms with van der Waals surface area (Å²) in [4.78, 5) is 22.6. The second kappa shape index (κ2) is 11.7. The third kappa shape index (κ3) is 7.06. The number of carbonyl (C=O) groups is 1. The van der Waals surface area contributed by atoms with Crippen molar-refractivity contribution in [3.05, 3.63) is 35.4 Å². The van der Waals surface area contributed by atoms with Gasteiger partial charge in [0, 0.05) is 39.1 Å². The van der Waals surface area contributed by atoms with Crippen molar-refractivity contribution >= 4 is 11.9 Å². The van der Waals surface area contributed by atoms with E-state index in [1.165, 1.54) is 75.3 Å². The van der Waals surface area contributed by atoms with Crippen molar-refractivity contribution < 1.29 is 4.79 Å². The molecule has 4 bridgehead atoms. The lowest BCUT2D eigenvalue weighted by atomic mass is 9.96. The number of nitrogens with zero attached hydrogens (tertiary/aromatic N) is 3. The molecule has 0 radical (unpaired) electrons. The molecule has 5 heteroatoms. The van der Waals surface area contributed by atoms with Crippen molar-refractivity contribution in [2.24, 2.45) is 4.99 Å². The second-order valence-corrected chi connectivity index (χ2v) is 9.65. The average Bonchev–Trinajstić information content (AvgIpc) is 2.85. The first-order valence-corrected chi connectivity index (χ1v) is 12.7. The van der Waals surface area contributed by atoms with E-state index in [1.54, 1.807) is 0 Å². The topological polar surface area (TPSA) is 47.9 Å². The Labute approximate surface area is 188 Å². The Morgan fingerprint density at radius 1 is 0.742 bits per heavy atom. The molecule has 1 aliphatic carbocycles. The average molecular weight is 425 g/mol. The normalized spacial score (nSPS) is 26.3.